The highest BCUT2D eigenvalue weighted by Gasteiger charge is 2.30. The van der Waals surface area contributed by atoms with E-state index in [2.05, 4.69) is 43.6 Å². The first kappa shape index (κ1) is 17.0. The Labute approximate surface area is 149 Å². The SMILES string of the molecule is CNC1C(=O)Nc2cc(N(CCO)Cc3ccccc3)c(Br)cc21. The molecule has 0 bridgehead atoms. The normalized spacial score (nSPS) is 16.0. The van der Waals surface area contributed by atoms with E-state index in [1.54, 1.807) is 7.05 Å². The van der Waals surface area contributed by atoms with Crippen molar-refractivity contribution in [2.24, 2.45) is 0 Å². The first-order valence-corrected chi connectivity index (χ1v) is 8.64. The summed E-state index contributed by atoms with van der Waals surface area (Å²) >= 11 is 3.62. The van der Waals surface area contributed by atoms with Gasteiger partial charge in [-0.3, -0.25) is 4.79 Å². The number of rotatable bonds is 6. The molecule has 3 rings (SSSR count). The summed E-state index contributed by atoms with van der Waals surface area (Å²) in [4.78, 5) is 14.1. The number of halogens is 1. The fraction of sp³-hybridized carbons (Fsp3) is 0.278. The number of benzene rings is 2. The van der Waals surface area contributed by atoms with Crippen molar-refractivity contribution < 1.29 is 9.90 Å². The fourth-order valence-electron chi connectivity index (χ4n) is 3.01. The van der Waals surface area contributed by atoms with E-state index in [1.807, 2.05) is 30.3 Å². The molecule has 1 atom stereocenters. The van der Waals surface area contributed by atoms with Gasteiger partial charge in [0, 0.05) is 28.8 Å². The van der Waals surface area contributed by atoms with Crippen LogP contribution in [0.1, 0.15) is 17.2 Å². The fourth-order valence-corrected chi connectivity index (χ4v) is 3.62. The third-order valence-corrected chi connectivity index (χ3v) is 4.80. The van der Waals surface area contributed by atoms with Crippen LogP contribution in [0.5, 0.6) is 0 Å². The number of hydrogen-bond acceptors (Lipinski definition) is 4. The molecular formula is C18H20BrN3O2. The molecular weight excluding hydrogens is 370 g/mol. The first-order valence-electron chi connectivity index (χ1n) is 7.85. The van der Waals surface area contributed by atoms with E-state index in [4.69, 9.17) is 0 Å². The Balaban J connectivity index is 1.94. The van der Waals surface area contributed by atoms with Crippen molar-refractivity contribution in [3.63, 3.8) is 0 Å². The topological polar surface area (TPSA) is 64.6 Å². The van der Waals surface area contributed by atoms with Crippen molar-refractivity contribution in [2.45, 2.75) is 12.6 Å². The minimum absolute atomic E-state index is 0.0479. The minimum Gasteiger partial charge on any atom is -0.395 e. The summed E-state index contributed by atoms with van der Waals surface area (Å²) in [5, 5.41) is 15.4. The molecule has 0 aromatic heterocycles. The Bertz CT molecular complexity index is 737. The number of nitrogens with one attached hydrogen (secondary N) is 2. The average molecular weight is 390 g/mol. The van der Waals surface area contributed by atoms with Crippen LogP contribution in [0.4, 0.5) is 11.4 Å². The van der Waals surface area contributed by atoms with Crippen LogP contribution in [-0.2, 0) is 11.3 Å². The molecule has 1 heterocycles. The maximum absolute atomic E-state index is 12.0. The summed E-state index contributed by atoms with van der Waals surface area (Å²) < 4.78 is 0.905. The van der Waals surface area contributed by atoms with Crippen LogP contribution in [-0.4, -0.2) is 31.2 Å². The number of hydrogen-bond donors (Lipinski definition) is 3. The second-order valence-electron chi connectivity index (χ2n) is 5.73. The number of likely N-dealkylation sites (N-methyl/N-ethyl adjacent to an activating group) is 1. The van der Waals surface area contributed by atoms with Crippen molar-refractivity contribution in [1.29, 1.82) is 0 Å². The van der Waals surface area contributed by atoms with Gasteiger partial charge in [0.15, 0.2) is 0 Å². The summed E-state index contributed by atoms with van der Waals surface area (Å²) in [6.45, 7) is 1.25. The van der Waals surface area contributed by atoms with Crippen LogP contribution >= 0.6 is 15.9 Å². The van der Waals surface area contributed by atoms with Gasteiger partial charge in [-0.15, -0.1) is 0 Å². The van der Waals surface area contributed by atoms with Gasteiger partial charge in [0.2, 0.25) is 5.91 Å². The minimum atomic E-state index is -0.328. The molecule has 0 spiro atoms. The number of anilines is 2. The predicted octanol–water partition coefficient (Wildman–Crippen LogP) is 2.66. The van der Waals surface area contributed by atoms with Gasteiger partial charge in [-0.2, -0.15) is 0 Å². The van der Waals surface area contributed by atoms with E-state index in [0.29, 0.717) is 13.1 Å². The lowest BCUT2D eigenvalue weighted by molar-refractivity contribution is -0.117. The quantitative estimate of drug-likeness (QED) is 0.710. The lowest BCUT2D eigenvalue weighted by Gasteiger charge is -2.26. The molecule has 0 radical (unpaired) electrons. The smallest absolute Gasteiger partial charge is 0.246 e. The van der Waals surface area contributed by atoms with Gasteiger partial charge < -0.3 is 20.6 Å². The molecule has 1 amide bonds. The van der Waals surface area contributed by atoms with Crippen LogP contribution in [0.2, 0.25) is 0 Å². The predicted molar refractivity (Wildman–Crippen MR) is 99.2 cm³/mol. The summed E-state index contributed by atoms with van der Waals surface area (Å²) in [7, 11) is 1.77. The number of amides is 1. The second kappa shape index (κ2) is 7.34. The third-order valence-electron chi connectivity index (χ3n) is 4.17. The Morgan fingerprint density at radius 3 is 2.71 bits per heavy atom. The Hall–Kier alpha value is -1.89. The maximum Gasteiger partial charge on any atom is 0.246 e. The van der Waals surface area contributed by atoms with Crippen molar-refractivity contribution in [2.75, 3.05) is 30.4 Å². The maximum atomic E-state index is 12.0. The number of carbonyl (C=O) groups excluding carboxylic acids is 1. The number of carbonyl (C=O) groups is 1. The summed E-state index contributed by atoms with van der Waals surface area (Å²) in [6, 6.07) is 13.7. The molecule has 24 heavy (non-hydrogen) atoms. The molecule has 1 unspecified atom stereocenters. The van der Waals surface area contributed by atoms with Crippen LogP contribution in [0.25, 0.3) is 0 Å². The molecule has 3 N–H and O–H groups in total. The van der Waals surface area contributed by atoms with E-state index in [0.717, 1.165) is 27.0 Å². The Morgan fingerprint density at radius 1 is 1.29 bits per heavy atom. The molecule has 0 saturated carbocycles. The third kappa shape index (κ3) is 3.31. The molecule has 0 aliphatic carbocycles. The van der Waals surface area contributed by atoms with Gasteiger partial charge in [0.05, 0.1) is 12.3 Å². The van der Waals surface area contributed by atoms with Crippen molar-refractivity contribution in [3.05, 3.63) is 58.1 Å². The van der Waals surface area contributed by atoms with Crippen molar-refractivity contribution in [3.8, 4) is 0 Å². The number of aliphatic hydroxyl groups is 1. The van der Waals surface area contributed by atoms with E-state index in [1.165, 1.54) is 0 Å². The molecule has 1 aliphatic rings. The molecule has 0 saturated heterocycles. The zero-order valence-corrected chi connectivity index (χ0v) is 15.0. The highest BCUT2D eigenvalue weighted by atomic mass is 79.9. The average Bonchev–Trinajstić information content (AvgIpc) is 2.89. The van der Waals surface area contributed by atoms with Gasteiger partial charge in [-0.05, 0) is 40.7 Å². The van der Waals surface area contributed by atoms with Crippen LogP contribution in [0.3, 0.4) is 0 Å². The molecule has 126 valence electrons. The summed E-state index contributed by atoms with van der Waals surface area (Å²) in [5.74, 6) is -0.0479. The Kier molecular flexibility index (Phi) is 5.18. The molecule has 1 aliphatic heterocycles. The van der Waals surface area contributed by atoms with Crippen molar-refractivity contribution in [1.82, 2.24) is 5.32 Å². The van der Waals surface area contributed by atoms with Crippen molar-refractivity contribution >= 4 is 33.2 Å². The van der Waals surface area contributed by atoms with Gasteiger partial charge in [-0.1, -0.05) is 30.3 Å². The molecule has 2 aromatic carbocycles. The zero-order chi connectivity index (χ0) is 17.1. The second-order valence-corrected chi connectivity index (χ2v) is 6.59. The van der Waals surface area contributed by atoms with E-state index >= 15 is 0 Å². The standard InChI is InChI=1S/C18H20BrN3O2/c1-20-17-13-9-14(19)16(10-15(13)21-18(17)24)22(7-8-23)11-12-5-3-2-4-6-12/h2-6,9-10,17,20,23H,7-8,11H2,1H3,(H,21,24). The monoisotopic (exact) mass is 389 g/mol. The van der Waals surface area contributed by atoms with E-state index in [9.17, 15) is 9.90 Å². The first-order chi connectivity index (χ1) is 11.6. The van der Waals surface area contributed by atoms with Crippen LogP contribution in [0.15, 0.2) is 46.9 Å². The highest BCUT2D eigenvalue weighted by Crippen LogP contribution is 2.39. The number of fused-ring (bicyclic) bond motifs is 1. The Morgan fingerprint density at radius 2 is 2.04 bits per heavy atom. The molecule has 0 fully saturated rings. The summed E-state index contributed by atoms with van der Waals surface area (Å²) in [6.07, 6.45) is 0. The largest absolute Gasteiger partial charge is 0.395 e. The number of nitrogens with zero attached hydrogens (tertiary/aromatic N) is 1. The van der Waals surface area contributed by atoms with Gasteiger partial charge in [0.25, 0.3) is 0 Å². The molecule has 2 aromatic rings. The lowest BCUT2D eigenvalue weighted by atomic mass is 10.1. The van der Waals surface area contributed by atoms with Gasteiger partial charge >= 0.3 is 0 Å². The van der Waals surface area contributed by atoms with Gasteiger partial charge in [-0.25, -0.2) is 0 Å². The highest BCUT2D eigenvalue weighted by molar-refractivity contribution is 9.10. The van der Waals surface area contributed by atoms with Crippen LogP contribution in [0, 0.1) is 0 Å². The lowest BCUT2D eigenvalue weighted by Crippen LogP contribution is -2.26. The molecule has 5 nitrogen and oxygen atoms in total. The van der Waals surface area contributed by atoms with E-state index in [-0.39, 0.29) is 18.6 Å². The molecule has 6 heteroatoms. The van der Waals surface area contributed by atoms with Crippen LogP contribution < -0.4 is 15.5 Å². The van der Waals surface area contributed by atoms with E-state index < -0.39 is 0 Å². The zero-order valence-electron chi connectivity index (χ0n) is 13.4. The van der Waals surface area contributed by atoms with Gasteiger partial charge in [0.1, 0.15) is 6.04 Å². The summed E-state index contributed by atoms with van der Waals surface area (Å²) in [5.41, 5.74) is 3.86. The number of aliphatic hydroxyl groups excluding tert-OH is 1.